The summed E-state index contributed by atoms with van der Waals surface area (Å²) in [5.41, 5.74) is 1.05. The molecule has 1 aromatic rings. The zero-order valence-corrected chi connectivity index (χ0v) is 14.0. The lowest BCUT2D eigenvalue weighted by atomic mass is 10.2. The van der Waals surface area contributed by atoms with Crippen molar-refractivity contribution >= 4 is 29.9 Å². The normalized spacial score (nSPS) is 11.7. The fourth-order valence-corrected chi connectivity index (χ4v) is 4.23. The van der Waals surface area contributed by atoms with Gasteiger partial charge in [0, 0.05) is 36.6 Å². The van der Waals surface area contributed by atoms with E-state index < -0.39 is 8.80 Å². The van der Waals surface area contributed by atoms with Crippen LogP contribution in [-0.2, 0) is 13.3 Å². The molecule has 1 aromatic carbocycles. The molecule has 0 saturated carbocycles. The van der Waals surface area contributed by atoms with E-state index in [9.17, 15) is 0 Å². The van der Waals surface area contributed by atoms with Gasteiger partial charge in [0.05, 0.1) is 6.61 Å². The van der Waals surface area contributed by atoms with Crippen molar-refractivity contribution in [3.8, 4) is 5.75 Å². The van der Waals surface area contributed by atoms with E-state index in [0.29, 0.717) is 6.61 Å². The van der Waals surface area contributed by atoms with Gasteiger partial charge in [0.15, 0.2) is 0 Å². The summed E-state index contributed by atoms with van der Waals surface area (Å²) in [5, 5.41) is 0.871. The van der Waals surface area contributed by atoms with Gasteiger partial charge < -0.3 is 18.0 Å². The topological polar surface area (TPSA) is 36.9 Å². The third-order valence-corrected chi connectivity index (χ3v) is 6.19. The quantitative estimate of drug-likeness (QED) is 0.747. The molecule has 1 rings (SSSR count). The predicted molar refractivity (Wildman–Crippen MR) is 76.5 cm³/mol. The molecule has 0 amide bonds. The number of rotatable bonds is 6. The molecule has 0 fully saturated rings. The highest BCUT2D eigenvalue weighted by Gasteiger charge is 2.41. The van der Waals surface area contributed by atoms with Crippen LogP contribution < -0.4 is 9.92 Å². The van der Waals surface area contributed by atoms with Crippen molar-refractivity contribution in [1.82, 2.24) is 0 Å². The van der Waals surface area contributed by atoms with Gasteiger partial charge in [-0.25, -0.2) is 0 Å². The largest absolute Gasteiger partial charge is 0.536 e. The molecule has 0 atom stereocenters. The second-order valence-corrected chi connectivity index (χ2v) is 7.45. The van der Waals surface area contributed by atoms with Gasteiger partial charge in [0.25, 0.3) is 0 Å². The maximum Gasteiger partial charge on any atom is 0.536 e. The number of hydrogen-bond acceptors (Lipinski definition) is 4. The standard InChI is InChI=1S/C12H19BrO4Si/c1-6-17-12-8-10(7-11(13)9(12)2)18(14-3,15-4)16-5/h7-8H,6H2,1-5H3. The van der Waals surface area contributed by atoms with E-state index in [4.69, 9.17) is 18.0 Å². The highest BCUT2D eigenvalue weighted by molar-refractivity contribution is 9.10. The second-order valence-electron chi connectivity index (χ2n) is 3.68. The highest BCUT2D eigenvalue weighted by atomic mass is 79.9. The highest BCUT2D eigenvalue weighted by Crippen LogP contribution is 2.26. The first-order valence-corrected chi connectivity index (χ1v) is 8.15. The molecular formula is C12H19BrO4Si. The predicted octanol–water partition coefficient (Wildman–Crippen LogP) is 2.24. The van der Waals surface area contributed by atoms with E-state index in [-0.39, 0.29) is 0 Å². The molecule has 0 aliphatic rings. The molecule has 0 N–H and O–H groups in total. The molecule has 0 aliphatic carbocycles. The van der Waals surface area contributed by atoms with Crippen molar-refractivity contribution in [1.29, 1.82) is 0 Å². The Morgan fingerprint density at radius 3 is 2.11 bits per heavy atom. The first kappa shape index (κ1) is 15.7. The monoisotopic (exact) mass is 334 g/mol. The maximum atomic E-state index is 5.61. The fraction of sp³-hybridized carbons (Fsp3) is 0.500. The van der Waals surface area contributed by atoms with Crippen molar-refractivity contribution in [2.24, 2.45) is 0 Å². The second kappa shape index (κ2) is 6.67. The lowest BCUT2D eigenvalue weighted by Gasteiger charge is -2.25. The summed E-state index contributed by atoms with van der Waals surface area (Å²) in [6.07, 6.45) is 0. The van der Waals surface area contributed by atoms with Gasteiger partial charge in [0.2, 0.25) is 0 Å². The Hall–Kier alpha value is -0.403. The average Bonchev–Trinajstić information content (AvgIpc) is 2.38. The molecule has 18 heavy (non-hydrogen) atoms. The molecule has 0 unspecified atom stereocenters. The van der Waals surface area contributed by atoms with E-state index in [2.05, 4.69) is 15.9 Å². The maximum absolute atomic E-state index is 5.61. The molecule has 0 bridgehead atoms. The van der Waals surface area contributed by atoms with Crippen LogP contribution in [0.5, 0.6) is 5.75 Å². The summed E-state index contributed by atoms with van der Waals surface area (Å²) in [5.74, 6) is 0.810. The van der Waals surface area contributed by atoms with E-state index in [1.54, 1.807) is 21.3 Å². The Labute approximate surface area is 118 Å². The van der Waals surface area contributed by atoms with E-state index in [0.717, 1.165) is 21.0 Å². The van der Waals surface area contributed by atoms with Crippen LogP contribution in [0.1, 0.15) is 12.5 Å². The Morgan fingerprint density at radius 1 is 1.11 bits per heavy atom. The van der Waals surface area contributed by atoms with Crippen LogP contribution in [0.4, 0.5) is 0 Å². The van der Waals surface area contributed by atoms with Crippen molar-refractivity contribution in [2.75, 3.05) is 27.9 Å². The lowest BCUT2D eigenvalue weighted by Crippen LogP contribution is -2.54. The minimum Gasteiger partial charge on any atom is -0.494 e. The van der Waals surface area contributed by atoms with Crippen molar-refractivity contribution in [3.05, 3.63) is 22.2 Å². The van der Waals surface area contributed by atoms with Gasteiger partial charge in [-0.1, -0.05) is 15.9 Å². The summed E-state index contributed by atoms with van der Waals surface area (Å²) >= 11 is 3.52. The summed E-state index contributed by atoms with van der Waals surface area (Å²) in [7, 11) is 1.95. The number of halogens is 1. The third-order valence-electron chi connectivity index (χ3n) is 2.76. The van der Waals surface area contributed by atoms with Gasteiger partial charge in [-0.15, -0.1) is 0 Å². The van der Waals surface area contributed by atoms with E-state index in [1.807, 2.05) is 26.0 Å². The van der Waals surface area contributed by atoms with Crippen molar-refractivity contribution in [2.45, 2.75) is 13.8 Å². The molecule has 0 spiro atoms. The smallest absolute Gasteiger partial charge is 0.494 e. The summed E-state index contributed by atoms with van der Waals surface area (Å²) in [6, 6.07) is 3.88. The Kier molecular flexibility index (Phi) is 5.80. The lowest BCUT2D eigenvalue weighted by molar-refractivity contribution is 0.140. The molecule has 0 saturated heterocycles. The van der Waals surface area contributed by atoms with Crippen LogP contribution in [0.25, 0.3) is 0 Å². The average molecular weight is 335 g/mol. The summed E-state index contributed by atoms with van der Waals surface area (Å²) < 4.78 is 23.0. The zero-order chi connectivity index (χ0) is 13.8. The van der Waals surface area contributed by atoms with E-state index in [1.165, 1.54) is 0 Å². The summed E-state index contributed by atoms with van der Waals surface area (Å²) in [6.45, 7) is 4.56. The molecule has 0 radical (unpaired) electrons. The Morgan fingerprint density at radius 2 is 1.67 bits per heavy atom. The third kappa shape index (κ3) is 2.94. The first-order valence-electron chi connectivity index (χ1n) is 5.63. The van der Waals surface area contributed by atoms with E-state index >= 15 is 0 Å². The van der Waals surface area contributed by atoms with Crippen molar-refractivity contribution in [3.63, 3.8) is 0 Å². The van der Waals surface area contributed by atoms with Crippen LogP contribution >= 0.6 is 15.9 Å². The number of hydrogen-bond donors (Lipinski definition) is 0. The van der Waals surface area contributed by atoms with Crippen molar-refractivity contribution < 1.29 is 18.0 Å². The van der Waals surface area contributed by atoms with Crippen LogP contribution in [-0.4, -0.2) is 36.7 Å². The van der Waals surface area contributed by atoms with Gasteiger partial charge in [-0.2, -0.15) is 0 Å². The van der Waals surface area contributed by atoms with Gasteiger partial charge in [-0.05, 0) is 26.0 Å². The molecule has 0 heterocycles. The minimum atomic E-state index is -2.82. The van der Waals surface area contributed by atoms with Crippen LogP contribution in [0.2, 0.25) is 0 Å². The Bertz CT molecular complexity index is 399. The summed E-state index contributed by atoms with van der Waals surface area (Å²) in [4.78, 5) is 0. The van der Waals surface area contributed by atoms with Crippen LogP contribution in [0.3, 0.4) is 0 Å². The zero-order valence-electron chi connectivity index (χ0n) is 11.4. The van der Waals surface area contributed by atoms with Gasteiger partial charge in [0.1, 0.15) is 5.75 Å². The molecule has 0 aliphatic heterocycles. The fourth-order valence-electron chi connectivity index (χ4n) is 1.74. The molecule has 102 valence electrons. The molecular weight excluding hydrogens is 316 g/mol. The minimum absolute atomic E-state index is 0.609. The molecule has 4 nitrogen and oxygen atoms in total. The van der Waals surface area contributed by atoms with Gasteiger partial charge >= 0.3 is 8.80 Å². The van der Waals surface area contributed by atoms with Crippen LogP contribution in [0.15, 0.2) is 16.6 Å². The SMILES string of the molecule is CCOc1cc([Si](OC)(OC)OC)cc(Br)c1C. The van der Waals surface area contributed by atoms with Crippen LogP contribution in [0, 0.1) is 6.92 Å². The first-order chi connectivity index (χ1) is 8.54. The molecule has 6 heteroatoms. The number of ether oxygens (including phenoxy) is 1. The number of benzene rings is 1. The van der Waals surface area contributed by atoms with Gasteiger partial charge in [-0.3, -0.25) is 0 Å². The molecule has 0 aromatic heterocycles. The Balaban J connectivity index is 3.32.